The van der Waals surface area contributed by atoms with Crippen LogP contribution in [0.2, 0.25) is 5.02 Å². The first-order valence-electron chi connectivity index (χ1n) is 6.22. The first-order valence-corrected chi connectivity index (χ1v) is 6.59. The number of anilines is 1. The van der Waals surface area contributed by atoms with Crippen LogP contribution in [0.25, 0.3) is 0 Å². The molecule has 2 rings (SSSR count). The smallest absolute Gasteiger partial charge is 0.238 e. The third-order valence-electron chi connectivity index (χ3n) is 2.60. The van der Waals surface area contributed by atoms with Crippen molar-refractivity contribution in [2.45, 2.75) is 6.42 Å². The topological polar surface area (TPSA) is 52.9 Å². The molecule has 0 saturated carbocycles. The molecule has 0 aliphatic carbocycles. The van der Waals surface area contributed by atoms with E-state index in [1.54, 1.807) is 30.3 Å². The van der Waals surface area contributed by atoms with E-state index < -0.39 is 0 Å². The summed E-state index contributed by atoms with van der Waals surface area (Å²) < 4.78 is 0. The van der Waals surface area contributed by atoms with Gasteiger partial charge in [-0.2, -0.15) is 5.26 Å². The highest BCUT2D eigenvalue weighted by molar-refractivity contribution is 6.30. The second-order valence-corrected chi connectivity index (χ2v) is 4.65. The van der Waals surface area contributed by atoms with Gasteiger partial charge in [-0.1, -0.05) is 23.4 Å². The van der Waals surface area contributed by atoms with E-state index >= 15 is 0 Å². The van der Waals surface area contributed by atoms with E-state index in [1.165, 1.54) is 0 Å². The summed E-state index contributed by atoms with van der Waals surface area (Å²) in [5, 5.41) is 11.7. The molecule has 102 valence electrons. The second kappa shape index (κ2) is 7.14. The van der Waals surface area contributed by atoms with Crippen molar-refractivity contribution < 1.29 is 4.79 Å². The van der Waals surface area contributed by atoms with Gasteiger partial charge >= 0.3 is 0 Å². The molecule has 1 N–H and O–H groups in total. The van der Waals surface area contributed by atoms with Crippen molar-refractivity contribution in [1.82, 2.24) is 0 Å². The summed E-state index contributed by atoms with van der Waals surface area (Å²) in [5.74, 6) is 5.74. The first kappa shape index (κ1) is 14.7. The zero-order valence-electron chi connectivity index (χ0n) is 11.1. The molecule has 4 heteroatoms. The Balaban J connectivity index is 2.05. The lowest BCUT2D eigenvalue weighted by molar-refractivity contribution is -0.115. The number of rotatable bonds is 2. The number of nitrogens with one attached hydrogen (secondary N) is 1. The van der Waals surface area contributed by atoms with Crippen molar-refractivity contribution in [1.29, 1.82) is 5.26 Å². The molecule has 0 atom stereocenters. The van der Waals surface area contributed by atoms with Crippen molar-refractivity contribution in [2.24, 2.45) is 0 Å². The summed E-state index contributed by atoms with van der Waals surface area (Å²) in [4.78, 5) is 11.3. The summed E-state index contributed by atoms with van der Waals surface area (Å²) in [6.07, 6.45) is -0.155. The lowest BCUT2D eigenvalue weighted by Gasteiger charge is -2.01. The summed E-state index contributed by atoms with van der Waals surface area (Å²) in [5.41, 5.74) is 2.36. The van der Waals surface area contributed by atoms with E-state index in [-0.39, 0.29) is 12.3 Å². The molecule has 0 heterocycles. The highest BCUT2D eigenvalue weighted by Crippen LogP contribution is 2.10. The van der Waals surface area contributed by atoms with Gasteiger partial charge < -0.3 is 5.32 Å². The van der Waals surface area contributed by atoms with Crippen LogP contribution in [-0.2, 0) is 4.79 Å². The average molecular weight is 295 g/mol. The van der Waals surface area contributed by atoms with Gasteiger partial charge in [0, 0.05) is 21.8 Å². The summed E-state index contributed by atoms with van der Waals surface area (Å²) in [6.45, 7) is 0. The Kier molecular flexibility index (Phi) is 4.99. The Bertz CT molecular complexity index is 732. The van der Waals surface area contributed by atoms with Gasteiger partial charge in [0.15, 0.2) is 0 Å². The molecule has 0 unspecified atom stereocenters. The number of nitriles is 1. The molecule has 2 aromatic carbocycles. The second-order valence-electron chi connectivity index (χ2n) is 4.22. The number of carbonyl (C=O) groups excluding carboxylic acids is 1. The molecule has 0 radical (unpaired) electrons. The minimum Gasteiger partial charge on any atom is -0.325 e. The molecule has 0 bridgehead atoms. The summed E-state index contributed by atoms with van der Waals surface area (Å²) in [7, 11) is 0. The van der Waals surface area contributed by atoms with Crippen LogP contribution in [0.3, 0.4) is 0 Å². The molecular weight excluding hydrogens is 284 g/mol. The highest BCUT2D eigenvalue weighted by atomic mass is 35.5. The molecule has 2 aromatic rings. The molecule has 21 heavy (non-hydrogen) atoms. The fourth-order valence-corrected chi connectivity index (χ4v) is 1.72. The molecule has 0 saturated heterocycles. The van der Waals surface area contributed by atoms with Crippen molar-refractivity contribution in [3.05, 3.63) is 64.7 Å². The fraction of sp³-hybridized carbons (Fsp3) is 0.0588. The van der Waals surface area contributed by atoms with Gasteiger partial charge in [-0.25, -0.2) is 0 Å². The van der Waals surface area contributed by atoms with Crippen molar-refractivity contribution in [2.75, 3.05) is 5.32 Å². The monoisotopic (exact) mass is 294 g/mol. The van der Waals surface area contributed by atoms with Gasteiger partial charge in [0.1, 0.15) is 6.42 Å². The molecule has 0 fully saturated rings. The Morgan fingerprint density at radius 1 is 1.00 bits per heavy atom. The zero-order valence-corrected chi connectivity index (χ0v) is 11.8. The van der Waals surface area contributed by atoms with Gasteiger partial charge in [-0.05, 0) is 48.5 Å². The lowest BCUT2D eigenvalue weighted by Crippen LogP contribution is -2.09. The predicted octanol–water partition coefficient (Wildman–Crippen LogP) is 3.59. The maximum Gasteiger partial charge on any atom is 0.238 e. The van der Waals surface area contributed by atoms with Gasteiger partial charge in [0.05, 0.1) is 6.07 Å². The van der Waals surface area contributed by atoms with Gasteiger partial charge in [0.25, 0.3) is 0 Å². The van der Waals surface area contributed by atoms with E-state index in [2.05, 4.69) is 17.2 Å². The summed E-state index contributed by atoms with van der Waals surface area (Å²) >= 11 is 5.81. The molecule has 0 aliphatic rings. The van der Waals surface area contributed by atoms with Crippen LogP contribution in [0.4, 0.5) is 5.69 Å². The third kappa shape index (κ3) is 4.69. The van der Waals surface area contributed by atoms with E-state index in [9.17, 15) is 4.79 Å². The Morgan fingerprint density at radius 3 is 2.05 bits per heavy atom. The number of benzene rings is 2. The maximum absolute atomic E-state index is 11.3. The minimum absolute atomic E-state index is 0.155. The number of nitrogens with zero attached hydrogens (tertiary/aromatic N) is 1. The Hall–Kier alpha value is -2.75. The van der Waals surface area contributed by atoms with Crippen molar-refractivity contribution >= 4 is 23.2 Å². The minimum atomic E-state index is -0.322. The quantitative estimate of drug-likeness (QED) is 0.861. The van der Waals surface area contributed by atoms with Crippen LogP contribution >= 0.6 is 11.6 Å². The van der Waals surface area contributed by atoms with Gasteiger partial charge in [-0.3, -0.25) is 4.79 Å². The molecule has 0 aliphatic heterocycles. The first-order chi connectivity index (χ1) is 10.2. The number of carbonyl (C=O) groups is 1. The fourth-order valence-electron chi connectivity index (χ4n) is 1.59. The number of halogens is 1. The molecule has 0 aromatic heterocycles. The van der Waals surface area contributed by atoms with E-state index in [4.69, 9.17) is 16.9 Å². The summed E-state index contributed by atoms with van der Waals surface area (Å²) in [6, 6.07) is 16.2. The predicted molar refractivity (Wildman–Crippen MR) is 82.7 cm³/mol. The molecule has 3 nitrogen and oxygen atoms in total. The number of amides is 1. The molecular formula is C17H11ClN2O. The van der Waals surface area contributed by atoms with Gasteiger partial charge in [0.2, 0.25) is 5.91 Å². The van der Waals surface area contributed by atoms with E-state index in [1.807, 2.05) is 24.3 Å². The van der Waals surface area contributed by atoms with Crippen LogP contribution < -0.4 is 5.32 Å². The van der Waals surface area contributed by atoms with Crippen LogP contribution in [0.15, 0.2) is 48.5 Å². The van der Waals surface area contributed by atoms with E-state index in [0.29, 0.717) is 10.7 Å². The zero-order chi connectivity index (χ0) is 15.1. The maximum atomic E-state index is 11.3. The molecule has 0 spiro atoms. The van der Waals surface area contributed by atoms with Crippen molar-refractivity contribution in [3.8, 4) is 17.9 Å². The van der Waals surface area contributed by atoms with Crippen LogP contribution in [0.5, 0.6) is 0 Å². The van der Waals surface area contributed by atoms with Crippen LogP contribution in [-0.4, -0.2) is 5.91 Å². The normalized spacial score (nSPS) is 9.14. The van der Waals surface area contributed by atoms with Gasteiger partial charge in [-0.15, -0.1) is 0 Å². The number of hydrogen-bond donors (Lipinski definition) is 1. The SMILES string of the molecule is N#CCC(=O)Nc1ccc(C#Cc2ccc(Cl)cc2)cc1. The van der Waals surface area contributed by atoms with E-state index in [0.717, 1.165) is 11.1 Å². The van der Waals surface area contributed by atoms with Crippen LogP contribution in [0.1, 0.15) is 17.5 Å². The average Bonchev–Trinajstić information content (AvgIpc) is 2.48. The highest BCUT2D eigenvalue weighted by Gasteiger charge is 2.00. The number of hydrogen-bond acceptors (Lipinski definition) is 2. The third-order valence-corrected chi connectivity index (χ3v) is 2.86. The largest absolute Gasteiger partial charge is 0.325 e. The Labute approximate surface area is 128 Å². The Morgan fingerprint density at radius 2 is 1.52 bits per heavy atom. The standard InChI is InChI=1S/C17H11ClN2O/c18-15-7-3-13(4-8-15)1-2-14-5-9-16(10-6-14)20-17(21)11-12-19/h3-10H,11H2,(H,20,21). The van der Waals surface area contributed by atoms with Crippen LogP contribution in [0, 0.1) is 23.2 Å². The van der Waals surface area contributed by atoms with Crippen molar-refractivity contribution in [3.63, 3.8) is 0 Å². The molecule has 1 amide bonds. The lowest BCUT2D eigenvalue weighted by atomic mass is 10.1.